The summed E-state index contributed by atoms with van der Waals surface area (Å²) in [6.45, 7) is 5.69. The zero-order valence-electron chi connectivity index (χ0n) is 11.9. The van der Waals surface area contributed by atoms with Crippen LogP contribution in [0.2, 0.25) is 0 Å². The van der Waals surface area contributed by atoms with E-state index in [1.165, 1.54) is 56.2 Å². The molecule has 1 fully saturated rings. The van der Waals surface area contributed by atoms with Crippen molar-refractivity contribution in [2.45, 2.75) is 58.4 Å². The molecule has 0 heterocycles. The van der Waals surface area contributed by atoms with Gasteiger partial charge in [0.05, 0.1) is 0 Å². The topological polar surface area (TPSA) is 12.0 Å². The van der Waals surface area contributed by atoms with Crippen molar-refractivity contribution in [3.05, 3.63) is 35.4 Å². The highest BCUT2D eigenvalue weighted by atomic mass is 14.9. The summed E-state index contributed by atoms with van der Waals surface area (Å²) < 4.78 is 0. The maximum Gasteiger partial charge on any atom is 0.0294 e. The van der Waals surface area contributed by atoms with Crippen molar-refractivity contribution >= 4 is 0 Å². The van der Waals surface area contributed by atoms with E-state index in [0.29, 0.717) is 6.04 Å². The summed E-state index contributed by atoms with van der Waals surface area (Å²) in [4.78, 5) is 0. The first kappa shape index (κ1) is 13.6. The number of rotatable bonds is 4. The fourth-order valence-corrected chi connectivity index (χ4v) is 3.09. The summed E-state index contributed by atoms with van der Waals surface area (Å²) in [6.07, 6.45) is 8.62. The van der Waals surface area contributed by atoms with E-state index in [2.05, 4.69) is 43.4 Å². The van der Waals surface area contributed by atoms with Crippen LogP contribution < -0.4 is 5.32 Å². The number of nitrogens with one attached hydrogen (secondary N) is 1. The Morgan fingerprint density at radius 1 is 1.11 bits per heavy atom. The van der Waals surface area contributed by atoms with E-state index in [4.69, 9.17) is 0 Å². The first-order valence-electron chi connectivity index (χ1n) is 7.56. The van der Waals surface area contributed by atoms with Gasteiger partial charge >= 0.3 is 0 Å². The molecule has 1 heteroatoms. The fraction of sp³-hybridized carbons (Fsp3) is 0.647. The maximum absolute atomic E-state index is 3.74. The van der Waals surface area contributed by atoms with Crippen molar-refractivity contribution in [1.82, 2.24) is 5.32 Å². The van der Waals surface area contributed by atoms with Crippen molar-refractivity contribution in [1.29, 1.82) is 0 Å². The molecular weight excluding hydrogens is 218 g/mol. The Labute approximate surface area is 112 Å². The standard InChI is InChI=1S/C17H27N/c1-14-9-7-8-12-17(14)15(2)18-13-16-10-5-3-4-6-11-16/h7-9,12,15-16,18H,3-6,10-11,13H2,1-2H3. The monoisotopic (exact) mass is 245 g/mol. The molecule has 0 aliphatic heterocycles. The Kier molecular flexibility index (Phi) is 5.25. The lowest BCUT2D eigenvalue weighted by atomic mass is 9.98. The molecule has 1 saturated carbocycles. The van der Waals surface area contributed by atoms with Crippen molar-refractivity contribution in [2.24, 2.45) is 5.92 Å². The molecule has 0 aromatic heterocycles. The van der Waals surface area contributed by atoms with Crippen LogP contribution in [0.1, 0.15) is 62.6 Å². The highest BCUT2D eigenvalue weighted by molar-refractivity contribution is 5.28. The molecular formula is C17H27N. The summed E-state index contributed by atoms with van der Waals surface area (Å²) in [6, 6.07) is 9.21. The third-order valence-corrected chi connectivity index (χ3v) is 4.34. The highest BCUT2D eigenvalue weighted by Crippen LogP contribution is 2.23. The molecule has 1 N–H and O–H groups in total. The van der Waals surface area contributed by atoms with Crippen molar-refractivity contribution in [3.8, 4) is 0 Å². The van der Waals surface area contributed by atoms with Crippen LogP contribution in [0.3, 0.4) is 0 Å². The van der Waals surface area contributed by atoms with E-state index in [9.17, 15) is 0 Å². The van der Waals surface area contributed by atoms with Gasteiger partial charge in [-0.2, -0.15) is 0 Å². The van der Waals surface area contributed by atoms with Crippen LogP contribution in [0.25, 0.3) is 0 Å². The maximum atomic E-state index is 3.74. The summed E-state index contributed by atoms with van der Waals surface area (Å²) in [5.74, 6) is 0.902. The van der Waals surface area contributed by atoms with Crippen molar-refractivity contribution in [3.63, 3.8) is 0 Å². The quantitative estimate of drug-likeness (QED) is 0.763. The first-order valence-corrected chi connectivity index (χ1v) is 7.56. The van der Waals surface area contributed by atoms with E-state index in [0.717, 1.165) is 5.92 Å². The number of hydrogen-bond donors (Lipinski definition) is 1. The van der Waals surface area contributed by atoms with Gasteiger partial charge in [-0.3, -0.25) is 0 Å². The Morgan fingerprint density at radius 3 is 2.44 bits per heavy atom. The molecule has 0 radical (unpaired) electrons. The van der Waals surface area contributed by atoms with E-state index < -0.39 is 0 Å². The lowest BCUT2D eigenvalue weighted by molar-refractivity contribution is 0.402. The molecule has 100 valence electrons. The Bertz CT molecular complexity index is 350. The van der Waals surface area contributed by atoms with E-state index in [-0.39, 0.29) is 0 Å². The van der Waals surface area contributed by atoms with Gasteiger partial charge in [0.15, 0.2) is 0 Å². The van der Waals surface area contributed by atoms with E-state index in [1.807, 2.05) is 0 Å². The predicted molar refractivity (Wildman–Crippen MR) is 78.8 cm³/mol. The molecule has 1 aliphatic carbocycles. The minimum atomic E-state index is 0.481. The summed E-state index contributed by atoms with van der Waals surface area (Å²) in [5, 5.41) is 3.74. The largest absolute Gasteiger partial charge is 0.310 e. The van der Waals surface area contributed by atoms with Crippen molar-refractivity contribution < 1.29 is 0 Å². The van der Waals surface area contributed by atoms with Crippen LogP contribution in [-0.2, 0) is 0 Å². The van der Waals surface area contributed by atoms with Gasteiger partial charge in [0.2, 0.25) is 0 Å². The van der Waals surface area contributed by atoms with Crippen LogP contribution in [0.15, 0.2) is 24.3 Å². The highest BCUT2D eigenvalue weighted by Gasteiger charge is 2.14. The molecule has 0 saturated heterocycles. The minimum Gasteiger partial charge on any atom is -0.310 e. The van der Waals surface area contributed by atoms with Crippen LogP contribution in [-0.4, -0.2) is 6.54 Å². The molecule has 1 aromatic rings. The molecule has 2 rings (SSSR count). The fourth-order valence-electron chi connectivity index (χ4n) is 3.09. The van der Waals surface area contributed by atoms with Gasteiger partial charge in [0.1, 0.15) is 0 Å². The molecule has 0 amide bonds. The normalized spacial score (nSPS) is 19.4. The van der Waals surface area contributed by atoms with Crippen LogP contribution in [0.4, 0.5) is 0 Å². The lowest BCUT2D eigenvalue weighted by Crippen LogP contribution is -2.26. The number of hydrogen-bond acceptors (Lipinski definition) is 1. The van der Waals surface area contributed by atoms with Gasteiger partial charge in [-0.1, -0.05) is 49.9 Å². The van der Waals surface area contributed by atoms with Crippen LogP contribution in [0.5, 0.6) is 0 Å². The van der Waals surface area contributed by atoms with Crippen molar-refractivity contribution in [2.75, 3.05) is 6.54 Å². The molecule has 0 spiro atoms. The predicted octanol–water partition coefficient (Wildman–Crippen LogP) is 4.62. The molecule has 1 unspecified atom stereocenters. The van der Waals surface area contributed by atoms with Crippen LogP contribution in [0, 0.1) is 12.8 Å². The summed E-state index contributed by atoms with van der Waals surface area (Å²) in [5.41, 5.74) is 2.85. The smallest absolute Gasteiger partial charge is 0.0294 e. The van der Waals surface area contributed by atoms with E-state index in [1.54, 1.807) is 0 Å². The number of benzene rings is 1. The van der Waals surface area contributed by atoms with Gasteiger partial charge in [0.25, 0.3) is 0 Å². The first-order chi connectivity index (χ1) is 8.77. The SMILES string of the molecule is Cc1ccccc1C(C)NCC1CCCCCC1. The minimum absolute atomic E-state index is 0.481. The van der Waals surface area contributed by atoms with Gasteiger partial charge in [-0.05, 0) is 50.3 Å². The second-order valence-corrected chi connectivity index (χ2v) is 5.84. The zero-order chi connectivity index (χ0) is 12.8. The summed E-state index contributed by atoms with van der Waals surface area (Å²) >= 11 is 0. The van der Waals surface area contributed by atoms with Gasteiger partial charge < -0.3 is 5.32 Å². The van der Waals surface area contributed by atoms with Gasteiger partial charge in [-0.25, -0.2) is 0 Å². The third kappa shape index (κ3) is 3.84. The Balaban J connectivity index is 1.84. The Hall–Kier alpha value is -0.820. The molecule has 1 aliphatic rings. The molecule has 1 nitrogen and oxygen atoms in total. The lowest BCUT2D eigenvalue weighted by Gasteiger charge is -2.21. The van der Waals surface area contributed by atoms with E-state index >= 15 is 0 Å². The number of aryl methyl sites for hydroxylation is 1. The van der Waals surface area contributed by atoms with Gasteiger partial charge in [-0.15, -0.1) is 0 Å². The molecule has 1 aromatic carbocycles. The average Bonchev–Trinajstić information content (AvgIpc) is 2.65. The Morgan fingerprint density at radius 2 is 1.78 bits per heavy atom. The second-order valence-electron chi connectivity index (χ2n) is 5.84. The average molecular weight is 245 g/mol. The molecule has 0 bridgehead atoms. The van der Waals surface area contributed by atoms with Gasteiger partial charge in [0, 0.05) is 6.04 Å². The summed E-state index contributed by atoms with van der Waals surface area (Å²) in [7, 11) is 0. The molecule has 1 atom stereocenters. The third-order valence-electron chi connectivity index (χ3n) is 4.34. The second kappa shape index (κ2) is 6.94. The molecule has 18 heavy (non-hydrogen) atoms. The van der Waals surface area contributed by atoms with Crippen LogP contribution >= 0.6 is 0 Å². The zero-order valence-corrected chi connectivity index (χ0v) is 11.9.